The van der Waals surface area contributed by atoms with Crippen LogP contribution in [-0.2, 0) is 0 Å². The molecule has 84 valence electrons. The number of aryl methyl sites for hydroxylation is 1. The van der Waals surface area contributed by atoms with Gasteiger partial charge in [-0.1, -0.05) is 18.5 Å². The Morgan fingerprint density at radius 2 is 2.40 bits per heavy atom. The van der Waals surface area contributed by atoms with E-state index in [0.717, 1.165) is 25.9 Å². The molecule has 15 heavy (non-hydrogen) atoms. The van der Waals surface area contributed by atoms with Gasteiger partial charge >= 0.3 is 6.01 Å². The zero-order valence-corrected chi connectivity index (χ0v) is 9.31. The van der Waals surface area contributed by atoms with Gasteiger partial charge in [-0.2, -0.15) is 4.98 Å². The van der Waals surface area contributed by atoms with Crippen molar-refractivity contribution in [3.63, 3.8) is 0 Å². The molecule has 2 unspecified atom stereocenters. The fourth-order valence-electron chi connectivity index (χ4n) is 2.07. The Hall–Kier alpha value is -1.10. The first kappa shape index (κ1) is 10.4. The van der Waals surface area contributed by atoms with E-state index < -0.39 is 0 Å². The highest BCUT2D eigenvalue weighted by atomic mass is 16.5. The lowest BCUT2D eigenvalue weighted by Gasteiger charge is -2.35. The van der Waals surface area contributed by atoms with Crippen molar-refractivity contribution in [2.75, 3.05) is 18.0 Å². The zero-order valence-electron chi connectivity index (χ0n) is 9.31. The van der Waals surface area contributed by atoms with Crippen LogP contribution in [0.2, 0.25) is 0 Å². The average Bonchev–Trinajstić information content (AvgIpc) is 2.66. The van der Waals surface area contributed by atoms with Crippen LogP contribution in [0.25, 0.3) is 0 Å². The summed E-state index contributed by atoms with van der Waals surface area (Å²) in [4.78, 5) is 6.37. The minimum atomic E-state index is 0.315. The van der Waals surface area contributed by atoms with Gasteiger partial charge in [-0.05, 0) is 19.3 Å². The Morgan fingerprint density at radius 1 is 1.60 bits per heavy atom. The van der Waals surface area contributed by atoms with E-state index in [9.17, 15) is 0 Å². The first-order valence-corrected chi connectivity index (χ1v) is 5.51. The normalized spacial score (nSPS) is 27.0. The molecule has 0 spiro atoms. The van der Waals surface area contributed by atoms with E-state index in [1.165, 1.54) is 0 Å². The molecule has 0 saturated carbocycles. The van der Waals surface area contributed by atoms with Crippen LogP contribution in [0.15, 0.2) is 4.52 Å². The lowest BCUT2D eigenvalue weighted by atomic mass is 9.91. The Morgan fingerprint density at radius 3 is 3.00 bits per heavy atom. The summed E-state index contributed by atoms with van der Waals surface area (Å²) < 4.78 is 5.16. The molecule has 1 saturated heterocycles. The molecule has 0 radical (unpaired) electrons. The van der Waals surface area contributed by atoms with Gasteiger partial charge in [-0.3, -0.25) is 0 Å². The summed E-state index contributed by atoms with van der Waals surface area (Å²) in [6, 6.07) is 0.952. The third-order valence-corrected chi connectivity index (χ3v) is 3.10. The number of nitrogens with zero attached hydrogens (tertiary/aromatic N) is 3. The van der Waals surface area contributed by atoms with Crippen LogP contribution < -0.4 is 10.6 Å². The average molecular weight is 210 g/mol. The van der Waals surface area contributed by atoms with Gasteiger partial charge < -0.3 is 15.2 Å². The minimum Gasteiger partial charge on any atom is -0.327 e. The van der Waals surface area contributed by atoms with E-state index in [-0.39, 0.29) is 0 Å². The maximum atomic E-state index is 6.04. The zero-order chi connectivity index (χ0) is 10.8. The van der Waals surface area contributed by atoms with Crippen LogP contribution in [-0.4, -0.2) is 29.3 Å². The van der Waals surface area contributed by atoms with Crippen LogP contribution >= 0.6 is 0 Å². The molecule has 0 bridgehead atoms. The SMILES string of the molecule is CCC1CN(c2nc(C)no2)CCC1N. The van der Waals surface area contributed by atoms with Gasteiger partial charge in [0, 0.05) is 19.1 Å². The van der Waals surface area contributed by atoms with E-state index >= 15 is 0 Å². The van der Waals surface area contributed by atoms with E-state index in [2.05, 4.69) is 22.0 Å². The lowest BCUT2D eigenvalue weighted by molar-refractivity contribution is 0.323. The number of piperidine rings is 1. The number of rotatable bonds is 2. The van der Waals surface area contributed by atoms with E-state index in [1.54, 1.807) is 0 Å². The van der Waals surface area contributed by atoms with Crippen molar-refractivity contribution in [1.29, 1.82) is 0 Å². The molecule has 5 nitrogen and oxygen atoms in total. The number of hydrogen-bond donors (Lipinski definition) is 1. The van der Waals surface area contributed by atoms with Crippen molar-refractivity contribution in [1.82, 2.24) is 10.1 Å². The van der Waals surface area contributed by atoms with Crippen LogP contribution in [0.3, 0.4) is 0 Å². The number of anilines is 1. The molecular weight excluding hydrogens is 192 g/mol. The molecule has 2 rings (SSSR count). The Labute approximate surface area is 89.6 Å². The molecule has 1 aromatic rings. The maximum absolute atomic E-state index is 6.04. The smallest absolute Gasteiger partial charge is 0.324 e. The second-order valence-corrected chi connectivity index (χ2v) is 4.19. The first-order valence-electron chi connectivity index (χ1n) is 5.51. The second-order valence-electron chi connectivity index (χ2n) is 4.19. The highest BCUT2D eigenvalue weighted by Crippen LogP contribution is 2.22. The van der Waals surface area contributed by atoms with Crippen LogP contribution in [0, 0.1) is 12.8 Å². The molecule has 0 aliphatic carbocycles. The molecular formula is C10H18N4O. The van der Waals surface area contributed by atoms with Gasteiger partial charge in [-0.25, -0.2) is 0 Å². The van der Waals surface area contributed by atoms with E-state index in [1.807, 2.05) is 6.92 Å². The monoisotopic (exact) mass is 210 g/mol. The summed E-state index contributed by atoms with van der Waals surface area (Å²) >= 11 is 0. The quantitative estimate of drug-likeness (QED) is 0.786. The third-order valence-electron chi connectivity index (χ3n) is 3.10. The van der Waals surface area contributed by atoms with Crippen LogP contribution in [0.1, 0.15) is 25.6 Å². The van der Waals surface area contributed by atoms with Gasteiger partial charge in [0.25, 0.3) is 0 Å². The summed E-state index contributed by atoms with van der Waals surface area (Å²) in [6.45, 7) is 5.85. The Kier molecular flexibility index (Phi) is 2.90. The maximum Gasteiger partial charge on any atom is 0.324 e. The fraction of sp³-hybridized carbons (Fsp3) is 0.800. The summed E-state index contributed by atoms with van der Waals surface area (Å²) in [5.74, 6) is 1.22. The summed E-state index contributed by atoms with van der Waals surface area (Å²) in [5.41, 5.74) is 6.04. The number of aromatic nitrogens is 2. The molecule has 5 heteroatoms. The number of hydrogen-bond acceptors (Lipinski definition) is 5. The predicted molar refractivity (Wildman–Crippen MR) is 57.6 cm³/mol. The molecule has 0 amide bonds. The highest BCUT2D eigenvalue weighted by molar-refractivity contribution is 5.26. The predicted octanol–water partition coefficient (Wildman–Crippen LogP) is 0.942. The van der Waals surface area contributed by atoms with Crippen LogP contribution in [0.5, 0.6) is 0 Å². The lowest BCUT2D eigenvalue weighted by Crippen LogP contribution is -2.47. The summed E-state index contributed by atoms with van der Waals surface area (Å²) in [5, 5.41) is 3.80. The van der Waals surface area contributed by atoms with Gasteiger partial charge in [0.05, 0.1) is 0 Å². The molecule has 1 aromatic heterocycles. The topological polar surface area (TPSA) is 68.2 Å². The van der Waals surface area contributed by atoms with Gasteiger partial charge in [0.1, 0.15) is 0 Å². The van der Waals surface area contributed by atoms with Crippen molar-refractivity contribution in [3.8, 4) is 0 Å². The Balaban J connectivity index is 2.06. The minimum absolute atomic E-state index is 0.315. The van der Waals surface area contributed by atoms with Crippen molar-refractivity contribution >= 4 is 6.01 Å². The van der Waals surface area contributed by atoms with E-state index in [4.69, 9.17) is 10.3 Å². The summed E-state index contributed by atoms with van der Waals surface area (Å²) in [6.07, 6.45) is 2.10. The largest absolute Gasteiger partial charge is 0.327 e. The summed E-state index contributed by atoms with van der Waals surface area (Å²) in [7, 11) is 0. The van der Waals surface area contributed by atoms with Gasteiger partial charge in [-0.15, -0.1) is 0 Å². The fourth-order valence-corrected chi connectivity index (χ4v) is 2.07. The molecule has 1 aliphatic rings. The molecule has 1 aliphatic heterocycles. The first-order chi connectivity index (χ1) is 7.20. The molecule has 2 heterocycles. The number of nitrogens with two attached hydrogens (primary N) is 1. The van der Waals surface area contributed by atoms with Crippen molar-refractivity contribution in [2.45, 2.75) is 32.7 Å². The molecule has 2 N–H and O–H groups in total. The van der Waals surface area contributed by atoms with Gasteiger partial charge in [0.2, 0.25) is 0 Å². The van der Waals surface area contributed by atoms with Gasteiger partial charge in [0.15, 0.2) is 5.82 Å². The third kappa shape index (κ3) is 2.12. The van der Waals surface area contributed by atoms with Crippen LogP contribution in [0.4, 0.5) is 6.01 Å². The van der Waals surface area contributed by atoms with Crippen molar-refractivity contribution in [3.05, 3.63) is 5.82 Å². The van der Waals surface area contributed by atoms with E-state index in [0.29, 0.717) is 23.8 Å². The molecule has 0 aromatic carbocycles. The highest BCUT2D eigenvalue weighted by Gasteiger charge is 2.27. The van der Waals surface area contributed by atoms with Crippen molar-refractivity contribution < 1.29 is 4.52 Å². The Bertz CT molecular complexity index is 325. The molecule has 1 fully saturated rings. The molecule has 2 atom stereocenters. The second kappa shape index (κ2) is 4.18. The van der Waals surface area contributed by atoms with Crippen molar-refractivity contribution in [2.24, 2.45) is 11.7 Å². The standard InChI is InChI=1S/C10H18N4O/c1-3-8-6-14(5-4-9(8)11)10-12-7(2)13-15-10/h8-9H,3-6,11H2,1-2H3.